The lowest BCUT2D eigenvalue weighted by Crippen LogP contribution is -2.54. The number of rotatable bonds is 10. The summed E-state index contributed by atoms with van der Waals surface area (Å²) in [6.07, 6.45) is 4.33. The molecule has 9 heteroatoms. The summed E-state index contributed by atoms with van der Waals surface area (Å²) in [4.78, 5) is 39.4. The van der Waals surface area contributed by atoms with Gasteiger partial charge in [0.05, 0.1) is 6.54 Å². The number of para-hydroxylation sites is 2. The molecule has 2 aromatic carbocycles. The molecule has 0 aliphatic carbocycles. The van der Waals surface area contributed by atoms with Gasteiger partial charge in [-0.3, -0.25) is 25.2 Å². The third kappa shape index (κ3) is 7.71. The Kier molecular flexibility index (Phi) is 9.44. The molecule has 176 valence electrons. The van der Waals surface area contributed by atoms with Gasteiger partial charge in [-0.05, 0) is 55.0 Å². The molecule has 0 radical (unpaired) electrons. The SMILES string of the molecule is CSCCC(NC(=O)COc1ccccc1)C(=O)NNC(=O)CN1CCCc2ccccc21. The minimum Gasteiger partial charge on any atom is -0.484 e. The lowest BCUT2D eigenvalue weighted by Gasteiger charge is -2.30. The Hall–Kier alpha value is -3.20. The molecule has 33 heavy (non-hydrogen) atoms. The molecule has 3 N–H and O–H groups in total. The minimum absolute atomic E-state index is 0.143. The molecule has 1 atom stereocenters. The highest BCUT2D eigenvalue weighted by molar-refractivity contribution is 7.98. The average Bonchev–Trinajstić information content (AvgIpc) is 2.84. The number of nitrogens with zero attached hydrogens (tertiary/aromatic N) is 1. The Morgan fingerprint density at radius 1 is 1.03 bits per heavy atom. The van der Waals surface area contributed by atoms with E-state index in [1.54, 1.807) is 23.9 Å². The van der Waals surface area contributed by atoms with Crippen LogP contribution in [0.1, 0.15) is 18.4 Å². The average molecular weight is 471 g/mol. The highest BCUT2D eigenvalue weighted by Gasteiger charge is 2.22. The molecule has 1 aliphatic heterocycles. The van der Waals surface area contributed by atoms with Crippen molar-refractivity contribution in [1.29, 1.82) is 0 Å². The minimum atomic E-state index is -0.777. The normalized spacial score (nSPS) is 13.4. The van der Waals surface area contributed by atoms with Gasteiger partial charge in [-0.1, -0.05) is 36.4 Å². The van der Waals surface area contributed by atoms with Crippen LogP contribution in [0.3, 0.4) is 0 Å². The largest absolute Gasteiger partial charge is 0.484 e. The van der Waals surface area contributed by atoms with Crippen molar-refractivity contribution < 1.29 is 19.1 Å². The Labute approximate surface area is 198 Å². The van der Waals surface area contributed by atoms with Crippen molar-refractivity contribution in [1.82, 2.24) is 16.2 Å². The number of aryl methyl sites for hydroxylation is 1. The van der Waals surface area contributed by atoms with Gasteiger partial charge >= 0.3 is 0 Å². The van der Waals surface area contributed by atoms with Crippen molar-refractivity contribution in [2.75, 3.05) is 36.6 Å². The van der Waals surface area contributed by atoms with Gasteiger partial charge in [0, 0.05) is 12.2 Å². The van der Waals surface area contributed by atoms with Gasteiger partial charge in [-0.25, -0.2) is 0 Å². The molecule has 2 aromatic rings. The van der Waals surface area contributed by atoms with E-state index in [0.717, 1.165) is 25.1 Å². The molecule has 0 spiro atoms. The number of hydrogen-bond donors (Lipinski definition) is 3. The van der Waals surface area contributed by atoms with Gasteiger partial charge in [-0.15, -0.1) is 0 Å². The van der Waals surface area contributed by atoms with Crippen LogP contribution in [0.4, 0.5) is 5.69 Å². The van der Waals surface area contributed by atoms with Crippen molar-refractivity contribution in [3.63, 3.8) is 0 Å². The zero-order valence-electron chi connectivity index (χ0n) is 18.7. The van der Waals surface area contributed by atoms with Crippen molar-refractivity contribution in [2.24, 2.45) is 0 Å². The summed E-state index contributed by atoms with van der Waals surface area (Å²) in [5, 5.41) is 2.69. The van der Waals surface area contributed by atoms with Crippen LogP contribution in [0.2, 0.25) is 0 Å². The molecule has 0 bridgehead atoms. The van der Waals surface area contributed by atoms with E-state index in [9.17, 15) is 14.4 Å². The molecule has 3 rings (SSSR count). The first-order valence-electron chi connectivity index (χ1n) is 10.9. The molecule has 0 fully saturated rings. The Morgan fingerprint density at radius 2 is 1.79 bits per heavy atom. The van der Waals surface area contributed by atoms with Crippen LogP contribution in [0, 0.1) is 0 Å². The van der Waals surface area contributed by atoms with E-state index in [1.165, 1.54) is 5.56 Å². The van der Waals surface area contributed by atoms with Gasteiger partial charge in [0.1, 0.15) is 11.8 Å². The molecule has 0 saturated heterocycles. The van der Waals surface area contributed by atoms with Crippen LogP contribution < -0.4 is 25.8 Å². The van der Waals surface area contributed by atoms with Crippen molar-refractivity contribution >= 4 is 35.2 Å². The Morgan fingerprint density at radius 3 is 2.58 bits per heavy atom. The second-order valence-electron chi connectivity index (χ2n) is 7.69. The molecule has 1 unspecified atom stereocenters. The third-order valence-corrected chi connectivity index (χ3v) is 5.89. The van der Waals surface area contributed by atoms with Crippen LogP contribution in [0.15, 0.2) is 54.6 Å². The third-order valence-electron chi connectivity index (χ3n) is 5.24. The van der Waals surface area contributed by atoms with E-state index < -0.39 is 17.9 Å². The molecule has 3 amide bonds. The summed E-state index contributed by atoms with van der Waals surface area (Å²) in [7, 11) is 0. The first-order valence-corrected chi connectivity index (χ1v) is 12.3. The number of amides is 3. The summed E-state index contributed by atoms with van der Waals surface area (Å²) < 4.78 is 5.44. The molecule has 1 heterocycles. The lowest BCUT2D eigenvalue weighted by molar-refractivity contribution is -0.132. The number of anilines is 1. The number of fused-ring (bicyclic) bond motifs is 1. The molecule has 1 aliphatic rings. The molecular formula is C24H30N4O4S. The van der Waals surface area contributed by atoms with Crippen molar-refractivity contribution in [3.8, 4) is 5.75 Å². The maximum Gasteiger partial charge on any atom is 0.260 e. The quantitative estimate of drug-likeness (QED) is 0.459. The standard InChI is InChI=1S/C24H30N4O4S/c1-33-15-13-20(25-23(30)17-32-19-10-3-2-4-11-19)24(31)27-26-22(29)16-28-14-7-9-18-8-5-6-12-21(18)28/h2-6,8,10-12,20H,7,9,13-17H2,1H3,(H,25,30)(H,26,29)(H,27,31). The number of thioether (sulfide) groups is 1. The maximum atomic E-state index is 12.6. The second kappa shape index (κ2) is 12.7. The number of benzene rings is 2. The van der Waals surface area contributed by atoms with E-state index >= 15 is 0 Å². The topological polar surface area (TPSA) is 99.8 Å². The number of carbonyl (C=O) groups excluding carboxylic acids is 3. The summed E-state index contributed by atoms with van der Waals surface area (Å²) in [6.45, 7) is 0.726. The fraction of sp³-hybridized carbons (Fsp3) is 0.375. The Bertz CT molecular complexity index is 941. The summed E-state index contributed by atoms with van der Waals surface area (Å²) in [6, 6.07) is 16.2. The van der Waals surface area contributed by atoms with Gasteiger partial charge in [0.15, 0.2) is 6.61 Å². The smallest absolute Gasteiger partial charge is 0.260 e. The summed E-state index contributed by atoms with van der Waals surface area (Å²) in [5.41, 5.74) is 7.20. The number of hydrogen-bond acceptors (Lipinski definition) is 6. The fourth-order valence-electron chi connectivity index (χ4n) is 3.61. The van der Waals surface area contributed by atoms with Crippen LogP contribution in [-0.2, 0) is 20.8 Å². The van der Waals surface area contributed by atoms with Gasteiger partial charge < -0.3 is 15.0 Å². The summed E-state index contributed by atoms with van der Waals surface area (Å²) in [5.74, 6) is 0.0590. The van der Waals surface area contributed by atoms with Gasteiger partial charge in [0.25, 0.3) is 17.7 Å². The molecule has 8 nitrogen and oxygen atoms in total. The highest BCUT2D eigenvalue weighted by Crippen LogP contribution is 2.26. The number of ether oxygens (including phenoxy) is 1. The van der Waals surface area contributed by atoms with E-state index in [1.807, 2.05) is 47.6 Å². The van der Waals surface area contributed by atoms with E-state index in [-0.39, 0.29) is 19.1 Å². The monoisotopic (exact) mass is 470 g/mol. The fourth-order valence-corrected chi connectivity index (χ4v) is 4.08. The molecule has 0 aromatic heterocycles. The maximum absolute atomic E-state index is 12.6. The number of hydrazine groups is 1. The van der Waals surface area contributed by atoms with Crippen LogP contribution >= 0.6 is 11.8 Å². The molecule has 0 saturated carbocycles. The lowest BCUT2D eigenvalue weighted by atomic mass is 10.0. The van der Waals surface area contributed by atoms with Gasteiger partial charge in [0.2, 0.25) is 0 Å². The van der Waals surface area contributed by atoms with Crippen LogP contribution in [0.25, 0.3) is 0 Å². The number of carbonyl (C=O) groups is 3. The van der Waals surface area contributed by atoms with Crippen molar-refractivity contribution in [2.45, 2.75) is 25.3 Å². The van der Waals surface area contributed by atoms with E-state index in [0.29, 0.717) is 17.9 Å². The summed E-state index contributed by atoms with van der Waals surface area (Å²) >= 11 is 1.57. The first kappa shape index (κ1) is 24.4. The van der Waals surface area contributed by atoms with E-state index in [4.69, 9.17) is 4.74 Å². The number of nitrogens with one attached hydrogen (secondary N) is 3. The van der Waals surface area contributed by atoms with Crippen LogP contribution in [0.5, 0.6) is 5.75 Å². The molecular weight excluding hydrogens is 440 g/mol. The highest BCUT2D eigenvalue weighted by atomic mass is 32.2. The second-order valence-corrected chi connectivity index (χ2v) is 8.68. The zero-order valence-corrected chi connectivity index (χ0v) is 19.5. The first-order chi connectivity index (χ1) is 16.1. The predicted octanol–water partition coefficient (Wildman–Crippen LogP) is 1.90. The van der Waals surface area contributed by atoms with Crippen molar-refractivity contribution in [3.05, 3.63) is 60.2 Å². The van der Waals surface area contributed by atoms with Gasteiger partial charge in [-0.2, -0.15) is 11.8 Å². The predicted molar refractivity (Wildman–Crippen MR) is 130 cm³/mol. The van der Waals surface area contributed by atoms with Crippen LogP contribution in [-0.4, -0.2) is 55.5 Å². The van der Waals surface area contributed by atoms with E-state index in [2.05, 4.69) is 22.2 Å². The zero-order chi connectivity index (χ0) is 23.5. The Balaban J connectivity index is 1.48.